The molecule has 2 rings (SSSR count). The van der Waals surface area contributed by atoms with Crippen LogP contribution in [0, 0.1) is 10.1 Å². The Morgan fingerprint density at radius 3 is 2.88 bits per heavy atom. The topological polar surface area (TPSA) is 78.4 Å². The highest BCUT2D eigenvalue weighted by molar-refractivity contribution is 5.75. The van der Waals surface area contributed by atoms with Crippen LogP contribution in [0.5, 0.6) is 6.08 Å². The van der Waals surface area contributed by atoms with Gasteiger partial charge in [-0.05, 0) is 6.07 Å². The third-order valence-corrected chi connectivity index (χ3v) is 1.75. The fourth-order valence-electron chi connectivity index (χ4n) is 1.13. The lowest BCUT2D eigenvalue weighted by Gasteiger charge is -1.94. The van der Waals surface area contributed by atoms with E-state index in [1.54, 1.807) is 0 Å². The summed E-state index contributed by atoms with van der Waals surface area (Å²) >= 11 is 0. The lowest BCUT2D eigenvalue weighted by Crippen LogP contribution is -2.01. The average Bonchev–Trinajstić information content (AvgIpc) is 2.56. The predicted molar refractivity (Wildman–Crippen MR) is 47.3 cm³/mol. The normalized spacial score (nSPS) is 10.9. The molecule has 0 fully saturated rings. The first-order chi connectivity index (χ1) is 7.56. The number of nitrogens with zero attached hydrogens (tertiary/aromatic N) is 2. The van der Waals surface area contributed by atoms with Crippen molar-refractivity contribution in [2.24, 2.45) is 0 Å². The molecule has 0 aliphatic heterocycles. The van der Waals surface area contributed by atoms with Gasteiger partial charge in [0.15, 0.2) is 5.58 Å². The van der Waals surface area contributed by atoms with Gasteiger partial charge in [-0.2, -0.15) is 13.8 Å². The Bertz CT molecular complexity index is 540. The highest BCUT2D eigenvalue weighted by atomic mass is 19.3. The Labute approximate surface area is 86.6 Å². The van der Waals surface area contributed by atoms with E-state index in [1.165, 1.54) is 12.1 Å². The van der Waals surface area contributed by atoms with Gasteiger partial charge in [0, 0.05) is 12.1 Å². The monoisotopic (exact) mass is 230 g/mol. The van der Waals surface area contributed by atoms with Gasteiger partial charge in [0.2, 0.25) is 0 Å². The molecule has 0 aliphatic rings. The molecule has 1 aromatic carbocycles. The molecule has 16 heavy (non-hydrogen) atoms. The zero-order chi connectivity index (χ0) is 11.7. The summed E-state index contributed by atoms with van der Waals surface area (Å²) in [5.74, 6) is 0. The smallest absolute Gasteiger partial charge is 0.399 e. The van der Waals surface area contributed by atoms with E-state index in [9.17, 15) is 18.9 Å². The van der Waals surface area contributed by atoms with Crippen LogP contribution in [0.2, 0.25) is 0 Å². The van der Waals surface area contributed by atoms with Gasteiger partial charge in [-0.1, -0.05) is 0 Å². The summed E-state index contributed by atoms with van der Waals surface area (Å²) in [7, 11) is 0. The SMILES string of the molecule is O=[N+]([O-])c1ccc2oc(OC(F)F)nc2c1. The number of benzene rings is 1. The third kappa shape index (κ3) is 1.90. The van der Waals surface area contributed by atoms with Crippen molar-refractivity contribution in [1.29, 1.82) is 0 Å². The maximum atomic E-state index is 11.8. The van der Waals surface area contributed by atoms with E-state index in [-0.39, 0.29) is 16.8 Å². The van der Waals surface area contributed by atoms with Gasteiger partial charge in [0.25, 0.3) is 5.69 Å². The Balaban J connectivity index is 2.42. The van der Waals surface area contributed by atoms with Crippen molar-refractivity contribution in [2.45, 2.75) is 6.61 Å². The summed E-state index contributed by atoms with van der Waals surface area (Å²) in [5, 5.41) is 10.4. The van der Waals surface area contributed by atoms with Gasteiger partial charge in [-0.25, -0.2) is 0 Å². The molecule has 0 amide bonds. The number of alkyl halides is 2. The number of non-ortho nitro benzene ring substituents is 1. The number of fused-ring (bicyclic) bond motifs is 1. The van der Waals surface area contributed by atoms with E-state index in [0.717, 1.165) is 6.07 Å². The summed E-state index contributed by atoms with van der Waals surface area (Å²) in [6.45, 7) is -3.05. The second-order valence-corrected chi connectivity index (χ2v) is 2.77. The summed E-state index contributed by atoms with van der Waals surface area (Å²) in [6.07, 6.45) is -0.620. The second-order valence-electron chi connectivity index (χ2n) is 2.77. The lowest BCUT2D eigenvalue weighted by molar-refractivity contribution is -0.384. The number of hydrogen-bond donors (Lipinski definition) is 0. The van der Waals surface area contributed by atoms with Crippen molar-refractivity contribution >= 4 is 16.8 Å². The van der Waals surface area contributed by atoms with E-state index in [2.05, 4.69) is 9.72 Å². The zero-order valence-corrected chi connectivity index (χ0v) is 7.59. The largest absolute Gasteiger partial charge is 0.409 e. The van der Waals surface area contributed by atoms with E-state index in [4.69, 9.17) is 4.42 Å². The molecular formula is C8H4F2N2O4. The third-order valence-electron chi connectivity index (χ3n) is 1.75. The first-order valence-electron chi connectivity index (χ1n) is 4.06. The highest BCUT2D eigenvalue weighted by Crippen LogP contribution is 2.25. The van der Waals surface area contributed by atoms with Crippen LogP contribution in [0.3, 0.4) is 0 Å². The Morgan fingerprint density at radius 1 is 1.50 bits per heavy atom. The van der Waals surface area contributed by atoms with Gasteiger partial charge in [-0.15, -0.1) is 0 Å². The fraction of sp³-hybridized carbons (Fsp3) is 0.125. The predicted octanol–water partition coefficient (Wildman–Crippen LogP) is 2.34. The molecule has 0 N–H and O–H groups in total. The van der Waals surface area contributed by atoms with Gasteiger partial charge in [0.05, 0.1) is 4.92 Å². The minimum atomic E-state index is -3.05. The van der Waals surface area contributed by atoms with Gasteiger partial charge in [-0.3, -0.25) is 10.1 Å². The Kier molecular flexibility index (Phi) is 2.39. The molecule has 1 aromatic heterocycles. The maximum absolute atomic E-state index is 11.8. The van der Waals surface area contributed by atoms with Crippen molar-refractivity contribution in [3.63, 3.8) is 0 Å². The standard InChI is InChI=1S/C8H4F2N2O4/c9-7(10)16-8-11-5-3-4(12(13)14)1-2-6(5)15-8/h1-3,7H. The number of hydrogen-bond acceptors (Lipinski definition) is 5. The number of rotatable bonds is 3. The fourth-order valence-corrected chi connectivity index (χ4v) is 1.13. The molecule has 0 atom stereocenters. The van der Waals surface area contributed by atoms with Crippen LogP contribution in [0.25, 0.3) is 11.1 Å². The minimum absolute atomic E-state index is 0.0878. The number of nitro groups is 1. The number of aromatic nitrogens is 1. The zero-order valence-electron chi connectivity index (χ0n) is 7.59. The molecule has 6 nitrogen and oxygen atoms in total. The van der Waals surface area contributed by atoms with Crippen molar-refractivity contribution in [2.75, 3.05) is 0 Å². The summed E-state index contributed by atoms with van der Waals surface area (Å²) in [4.78, 5) is 13.3. The van der Waals surface area contributed by atoms with Crippen LogP contribution < -0.4 is 4.74 Å². The molecule has 0 aliphatic carbocycles. The van der Waals surface area contributed by atoms with Crippen LogP contribution >= 0.6 is 0 Å². The molecule has 0 saturated heterocycles. The summed E-state index contributed by atoms with van der Waals surface area (Å²) in [6, 6.07) is 3.55. The molecule has 0 bridgehead atoms. The van der Waals surface area contributed by atoms with Gasteiger partial charge < -0.3 is 9.15 Å². The Hall–Kier alpha value is -2.25. The maximum Gasteiger partial charge on any atom is 0.399 e. The molecule has 2 aromatic rings. The molecule has 0 saturated carbocycles. The van der Waals surface area contributed by atoms with Crippen LogP contribution in [-0.2, 0) is 0 Å². The van der Waals surface area contributed by atoms with E-state index >= 15 is 0 Å². The summed E-state index contributed by atoms with van der Waals surface area (Å²) in [5.41, 5.74) is 0.0236. The minimum Gasteiger partial charge on any atom is -0.409 e. The van der Waals surface area contributed by atoms with Gasteiger partial charge in [0.1, 0.15) is 5.52 Å². The summed E-state index contributed by atoms with van der Waals surface area (Å²) < 4.78 is 32.3. The van der Waals surface area contributed by atoms with Crippen molar-refractivity contribution in [1.82, 2.24) is 4.98 Å². The number of halogens is 2. The van der Waals surface area contributed by atoms with Crippen LogP contribution in [0.15, 0.2) is 22.6 Å². The van der Waals surface area contributed by atoms with E-state index in [0.29, 0.717) is 0 Å². The number of nitro benzene ring substituents is 1. The van der Waals surface area contributed by atoms with Crippen LogP contribution in [-0.4, -0.2) is 16.5 Å². The average molecular weight is 230 g/mol. The van der Waals surface area contributed by atoms with Crippen LogP contribution in [0.4, 0.5) is 14.5 Å². The first kappa shape index (κ1) is 10.3. The van der Waals surface area contributed by atoms with Crippen molar-refractivity contribution in [3.8, 4) is 6.08 Å². The number of oxazole rings is 1. The quantitative estimate of drug-likeness (QED) is 0.597. The van der Waals surface area contributed by atoms with E-state index < -0.39 is 17.6 Å². The van der Waals surface area contributed by atoms with Crippen molar-refractivity contribution in [3.05, 3.63) is 28.3 Å². The van der Waals surface area contributed by atoms with E-state index in [1.807, 2.05) is 0 Å². The first-order valence-corrected chi connectivity index (χ1v) is 4.06. The highest BCUT2D eigenvalue weighted by Gasteiger charge is 2.14. The molecule has 1 heterocycles. The second kappa shape index (κ2) is 3.72. The molecule has 0 unspecified atom stereocenters. The van der Waals surface area contributed by atoms with Crippen LogP contribution in [0.1, 0.15) is 0 Å². The molecular weight excluding hydrogens is 226 g/mol. The van der Waals surface area contributed by atoms with Gasteiger partial charge >= 0.3 is 12.7 Å². The number of ether oxygens (including phenoxy) is 1. The molecule has 84 valence electrons. The van der Waals surface area contributed by atoms with Crippen molar-refractivity contribution < 1.29 is 22.9 Å². The lowest BCUT2D eigenvalue weighted by atomic mass is 10.3. The molecule has 0 radical (unpaired) electrons. The Morgan fingerprint density at radius 2 is 2.25 bits per heavy atom. The molecule has 0 spiro atoms. The molecule has 8 heteroatoms.